The number of nitrogens with zero attached hydrogens (tertiary/aromatic N) is 1. The van der Waals surface area contributed by atoms with E-state index in [0.29, 0.717) is 11.6 Å². The lowest BCUT2D eigenvalue weighted by atomic mass is 10.1. The molecule has 1 N–H and O–H groups in total. The molecule has 0 bridgehead atoms. The number of hydrogen-bond acceptors (Lipinski definition) is 3. The van der Waals surface area contributed by atoms with Crippen LogP contribution < -0.4 is 10.1 Å². The largest absolute Gasteiger partial charge is 0.488 e. The molecule has 1 fully saturated rings. The van der Waals surface area contributed by atoms with Gasteiger partial charge in [-0.3, -0.25) is 4.90 Å². The SMILES string of the molecule is CCN1CCC[C@@H]1CNCc1cc(Br)ccc1OCc1ccccc1F. The van der Waals surface area contributed by atoms with Gasteiger partial charge >= 0.3 is 0 Å². The van der Waals surface area contributed by atoms with Gasteiger partial charge in [0.15, 0.2) is 0 Å². The highest BCUT2D eigenvalue weighted by molar-refractivity contribution is 9.10. The minimum Gasteiger partial charge on any atom is -0.488 e. The van der Waals surface area contributed by atoms with Crippen LogP contribution in [-0.2, 0) is 13.2 Å². The van der Waals surface area contributed by atoms with Gasteiger partial charge in [-0.15, -0.1) is 0 Å². The summed E-state index contributed by atoms with van der Waals surface area (Å²) >= 11 is 3.53. The Labute approximate surface area is 163 Å². The molecule has 140 valence electrons. The lowest BCUT2D eigenvalue weighted by molar-refractivity contribution is 0.258. The van der Waals surface area contributed by atoms with Gasteiger partial charge in [-0.1, -0.05) is 41.1 Å². The van der Waals surface area contributed by atoms with Gasteiger partial charge in [0.05, 0.1) is 0 Å². The molecule has 0 radical (unpaired) electrons. The van der Waals surface area contributed by atoms with Crippen molar-refractivity contribution in [2.24, 2.45) is 0 Å². The number of likely N-dealkylation sites (N-methyl/N-ethyl adjacent to an activating group) is 1. The Morgan fingerprint density at radius 1 is 1.23 bits per heavy atom. The van der Waals surface area contributed by atoms with Crippen LogP contribution in [0.2, 0.25) is 0 Å². The van der Waals surface area contributed by atoms with Crippen molar-refractivity contribution in [3.63, 3.8) is 0 Å². The summed E-state index contributed by atoms with van der Waals surface area (Å²) in [5.74, 6) is 0.563. The molecule has 0 unspecified atom stereocenters. The predicted molar refractivity (Wildman–Crippen MR) is 107 cm³/mol. The van der Waals surface area contributed by atoms with Crippen molar-refractivity contribution in [2.45, 2.75) is 39.0 Å². The maximum Gasteiger partial charge on any atom is 0.129 e. The number of likely N-dealkylation sites (tertiary alicyclic amines) is 1. The van der Waals surface area contributed by atoms with Crippen LogP contribution in [0.25, 0.3) is 0 Å². The monoisotopic (exact) mass is 420 g/mol. The highest BCUT2D eigenvalue weighted by Gasteiger charge is 2.22. The van der Waals surface area contributed by atoms with Crippen LogP contribution in [0.3, 0.4) is 0 Å². The topological polar surface area (TPSA) is 24.5 Å². The second kappa shape index (κ2) is 9.49. The number of halogens is 2. The molecule has 3 nitrogen and oxygen atoms in total. The van der Waals surface area contributed by atoms with Crippen LogP contribution in [0.4, 0.5) is 4.39 Å². The summed E-state index contributed by atoms with van der Waals surface area (Å²) in [6.45, 7) is 6.49. The third kappa shape index (κ3) is 5.06. The first kappa shape index (κ1) is 19.3. The first-order valence-corrected chi connectivity index (χ1v) is 10.1. The fourth-order valence-electron chi connectivity index (χ4n) is 3.51. The van der Waals surface area contributed by atoms with Gasteiger partial charge in [0.1, 0.15) is 18.2 Å². The van der Waals surface area contributed by atoms with E-state index >= 15 is 0 Å². The molecule has 2 aromatic rings. The van der Waals surface area contributed by atoms with E-state index in [-0.39, 0.29) is 12.4 Å². The fraction of sp³-hybridized carbons (Fsp3) is 0.429. The minimum absolute atomic E-state index is 0.230. The minimum atomic E-state index is -0.231. The summed E-state index contributed by atoms with van der Waals surface area (Å²) in [6, 6.07) is 13.3. The van der Waals surface area contributed by atoms with E-state index in [2.05, 4.69) is 39.1 Å². The summed E-state index contributed by atoms with van der Waals surface area (Å²) in [7, 11) is 0. The van der Waals surface area contributed by atoms with Crippen molar-refractivity contribution >= 4 is 15.9 Å². The molecule has 0 aromatic heterocycles. The van der Waals surface area contributed by atoms with Gasteiger partial charge in [-0.2, -0.15) is 0 Å². The second-order valence-corrected chi connectivity index (χ2v) is 7.60. The highest BCUT2D eigenvalue weighted by atomic mass is 79.9. The van der Waals surface area contributed by atoms with Crippen LogP contribution in [0, 0.1) is 5.82 Å². The summed E-state index contributed by atoms with van der Waals surface area (Å²) < 4.78 is 20.7. The first-order valence-electron chi connectivity index (χ1n) is 9.26. The third-order valence-corrected chi connectivity index (χ3v) is 5.46. The number of rotatable bonds is 8. The van der Waals surface area contributed by atoms with Crippen LogP contribution in [-0.4, -0.2) is 30.6 Å². The van der Waals surface area contributed by atoms with Crippen molar-refractivity contribution in [3.8, 4) is 5.75 Å². The molecule has 1 saturated heterocycles. The maximum atomic E-state index is 13.8. The average molecular weight is 421 g/mol. The molecule has 1 aliphatic heterocycles. The van der Waals surface area contributed by atoms with E-state index in [1.54, 1.807) is 12.1 Å². The Bertz CT molecular complexity index is 725. The van der Waals surface area contributed by atoms with Crippen molar-refractivity contribution < 1.29 is 9.13 Å². The number of ether oxygens (including phenoxy) is 1. The molecule has 5 heteroatoms. The summed E-state index contributed by atoms with van der Waals surface area (Å²) in [6.07, 6.45) is 2.55. The van der Waals surface area contributed by atoms with Gasteiger partial charge in [0, 0.05) is 34.7 Å². The van der Waals surface area contributed by atoms with E-state index in [1.165, 1.54) is 25.5 Å². The third-order valence-electron chi connectivity index (χ3n) is 4.96. The normalized spacial score (nSPS) is 17.6. The average Bonchev–Trinajstić information content (AvgIpc) is 3.10. The lowest BCUT2D eigenvalue weighted by Crippen LogP contribution is -2.37. The molecule has 1 heterocycles. The second-order valence-electron chi connectivity index (χ2n) is 6.69. The number of benzene rings is 2. The summed E-state index contributed by atoms with van der Waals surface area (Å²) in [5.41, 5.74) is 1.65. The molecule has 3 rings (SSSR count). The zero-order valence-electron chi connectivity index (χ0n) is 15.2. The van der Waals surface area contributed by atoms with Crippen molar-refractivity contribution in [2.75, 3.05) is 19.6 Å². The fourth-order valence-corrected chi connectivity index (χ4v) is 3.92. The smallest absolute Gasteiger partial charge is 0.129 e. The Hall–Kier alpha value is -1.43. The Balaban J connectivity index is 1.59. The molecule has 2 aromatic carbocycles. The summed E-state index contributed by atoms with van der Waals surface area (Å²) in [5, 5.41) is 3.57. The first-order chi connectivity index (χ1) is 12.7. The molecule has 1 aliphatic rings. The van der Waals surface area contributed by atoms with Crippen LogP contribution in [0.15, 0.2) is 46.9 Å². The predicted octanol–water partition coefficient (Wildman–Crippen LogP) is 4.74. The molecule has 0 spiro atoms. The van der Waals surface area contributed by atoms with Crippen molar-refractivity contribution in [1.82, 2.24) is 10.2 Å². The van der Waals surface area contributed by atoms with Gasteiger partial charge < -0.3 is 10.1 Å². The van der Waals surface area contributed by atoms with Crippen LogP contribution in [0.5, 0.6) is 5.75 Å². The van der Waals surface area contributed by atoms with E-state index in [1.807, 2.05) is 18.2 Å². The molecular formula is C21H26BrFN2O. The molecule has 26 heavy (non-hydrogen) atoms. The highest BCUT2D eigenvalue weighted by Crippen LogP contribution is 2.25. The van der Waals surface area contributed by atoms with E-state index in [9.17, 15) is 4.39 Å². The Kier molecular flexibility index (Phi) is 7.06. The van der Waals surface area contributed by atoms with Crippen LogP contribution >= 0.6 is 15.9 Å². The van der Waals surface area contributed by atoms with Gasteiger partial charge in [-0.05, 0) is 50.2 Å². The quantitative estimate of drug-likeness (QED) is 0.667. The van der Waals surface area contributed by atoms with Gasteiger partial charge in [0.2, 0.25) is 0 Å². The molecule has 0 amide bonds. The van der Waals surface area contributed by atoms with Crippen LogP contribution in [0.1, 0.15) is 30.9 Å². The van der Waals surface area contributed by atoms with Gasteiger partial charge in [0.25, 0.3) is 0 Å². The van der Waals surface area contributed by atoms with Crippen molar-refractivity contribution in [1.29, 1.82) is 0 Å². The zero-order chi connectivity index (χ0) is 18.4. The number of hydrogen-bond donors (Lipinski definition) is 1. The Morgan fingerprint density at radius 3 is 2.88 bits per heavy atom. The Morgan fingerprint density at radius 2 is 2.08 bits per heavy atom. The molecule has 0 aliphatic carbocycles. The lowest BCUT2D eigenvalue weighted by Gasteiger charge is -2.23. The number of nitrogens with one attached hydrogen (secondary N) is 1. The van der Waals surface area contributed by atoms with E-state index in [0.717, 1.165) is 35.4 Å². The van der Waals surface area contributed by atoms with Gasteiger partial charge in [-0.25, -0.2) is 4.39 Å². The molecule has 1 atom stereocenters. The maximum absolute atomic E-state index is 13.8. The van der Waals surface area contributed by atoms with E-state index < -0.39 is 0 Å². The standard InChI is InChI=1S/C21H26BrFN2O/c1-2-25-11-5-7-19(25)14-24-13-17-12-18(22)9-10-21(17)26-15-16-6-3-4-8-20(16)23/h3-4,6,8-10,12,19,24H,2,5,7,11,13-15H2,1H3/t19-/m1/s1. The van der Waals surface area contributed by atoms with E-state index in [4.69, 9.17) is 4.74 Å². The molecule has 0 saturated carbocycles. The molecular weight excluding hydrogens is 395 g/mol. The summed E-state index contributed by atoms with van der Waals surface area (Å²) in [4.78, 5) is 2.53. The van der Waals surface area contributed by atoms with Crippen molar-refractivity contribution in [3.05, 3.63) is 63.9 Å². The zero-order valence-corrected chi connectivity index (χ0v) is 16.8.